The van der Waals surface area contributed by atoms with Crippen molar-refractivity contribution < 1.29 is 0 Å². The van der Waals surface area contributed by atoms with Gasteiger partial charge >= 0.3 is 0 Å². The number of hydrogen-bond acceptors (Lipinski definition) is 4. The first-order valence-electron chi connectivity index (χ1n) is 6.77. The molecule has 0 bridgehead atoms. The molecular weight excluding hydrogens is 240 g/mol. The molecule has 2 aromatic heterocycles. The van der Waals surface area contributed by atoms with E-state index in [1.807, 2.05) is 18.7 Å². The quantitative estimate of drug-likeness (QED) is 0.901. The van der Waals surface area contributed by atoms with Gasteiger partial charge in [-0.2, -0.15) is 5.10 Å². The van der Waals surface area contributed by atoms with Gasteiger partial charge in [-0.1, -0.05) is 0 Å². The average Bonchev–Trinajstić information content (AvgIpc) is 2.72. The summed E-state index contributed by atoms with van der Waals surface area (Å²) in [4.78, 5) is 6.80. The van der Waals surface area contributed by atoms with Gasteiger partial charge in [0.25, 0.3) is 0 Å². The van der Waals surface area contributed by atoms with Gasteiger partial charge in [-0.25, -0.2) is 4.98 Å². The maximum Gasteiger partial charge on any atom is 0.202 e. The molecule has 1 aliphatic carbocycles. The lowest BCUT2D eigenvalue weighted by Crippen LogP contribution is -2.53. The first-order chi connectivity index (χ1) is 8.94. The van der Waals surface area contributed by atoms with Crippen LogP contribution in [0.5, 0.6) is 0 Å². The van der Waals surface area contributed by atoms with Crippen molar-refractivity contribution in [1.29, 1.82) is 0 Å². The monoisotopic (exact) mass is 262 g/mol. The Bertz CT molecular complexity index is 617. The fourth-order valence-electron chi connectivity index (χ4n) is 3.13. The smallest absolute Gasteiger partial charge is 0.202 e. The second kappa shape index (κ2) is 3.96. The highest BCUT2D eigenvalue weighted by Gasteiger charge is 2.40. The number of nitrogen functional groups attached to an aromatic ring is 1. The van der Waals surface area contributed by atoms with Crippen LogP contribution in [0.3, 0.4) is 0 Å². The molecule has 0 amide bonds. The summed E-state index contributed by atoms with van der Waals surface area (Å²) >= 11 is 0. The first-order valence-corrected chi connectivity index (χ1v) is 6.77. The van der Waals surface area contributed by atoms with Gasteiger partial charge in [-0.3, -0.25) is 9.25 Å². The van der Waals surface area contributed by atoms with E-state index in [0.29, 0.717) is 5.95 Å². The first kappa shape index (κ1) is 12.5. The SMILES string of the molecule is Cc1nn(C)c2c1nc(N)n2CC1(N(C)C)CCC1. The molecular formula is C13H22N6. The van der Waals surface area contributed by atoms with E-state index in [1.54, 1.807) is 0 Å². The van der Waals surface area contributed by atoms with Gasteiger partial charge in [-0.05, 0) is 40.3 Å². The summed E-state index contributed by atoms with van der Waals surface area (Å²) in [7, 11) is 6.26. The summed E-state index contributed by atoms with van der Waals surface area (Å²) in [5, 5.41) is 4.43. The van der Waals surface area contributed by atoms with Crippen molar-refractivity contribution in [2.75, 3.05) is 19.8 Å². The Hall–Kier alpha value is -1.56. The minimum absolute atomic E-state index is 0.222. The third-order valence-electron chi connectivity index (χ3n) is 4.60. The van der Waals surface area contributed by atoms with Crippen LogP contribution >= 0.6 is 0 Å². The molecule has 0 spiro atoms. The zero-order chi connectivity index (χ0) is 13.8. The van der Waals surface area contributed by atoms with E-state index in [9.17, 15) is 0 Å². The lowest BCUT2D eigenvalue weighted by molar-refractivity contribution is 0.0438. The molecule has 1 aliphatic rings. The highest BCUT2D eigenvalue weighted by molar-refractivity contribution is 5.77. The standard InChI is InChI=1S/C13H22N6/c1-9-10-11(18(4)16-9)19(12(14)15-10)8-13(17(2)3)6-5-7-13/h5-8H2,1-4H3,(H2,14,15). The molecule has 0 saturated heterocycles. The molecule has 0 unspecified atom stereocenters. The highest BCUT2D eigenvalue weighted by Crippen LogP contribution is 2.39. The third-order valence-corrected chi connectivity index (χ3v) is 4.60. The van der Waals surface area contributed by atoms with Crippen molar-refractivity contribution in [2.45, 2.75) is 38.3 Å². The maximum atomic E-state index is 6.11. The number of aromatic nitrogens is 4. The van der Waals surface area contributed by atoms with Crippen LogP contribution in [0, 0.1) is 6.92 Å². The number of nitrogens with zero attached hydrogens (tertiary/aromatic N) is 5. The van der Waals surface area contributed by atoms with Gasteiger partial charge in [0.1, 0.15) is 5.52 Å². The van der Waals surface area contributed by atoms with Crippen molar-refractivity contribution in [3.63, 3.8) is 0 Å². The van der Waals surface area contributed by atoms with Gasteiger partial charge in [0, 0.05) is 19.1 Å². The Morgan fingerprint density at radius 3 is 2.58 bits per heavy atom. The predicted molar refractivity (Wildman–Crippen MR) is 75.9 cm³/mol. The highest BCUT2D eigenvalue weighted by atomic mass is 15.4. The van der Waals surface area contributed by atoms with Gasteiger partial charge in [0.2, 0.25) is 5.95 Å². The van der Waals surface area contributed by atoms with Crippen LogP contribution in [0.1, 0.15) is 25.0 Å². The van der Waals surface area contributed by atoms with Crippen molar-refractivity contribution in [3.8, 4) is 0 Å². The van der Waals surface area contributed by atoms with E-state index >= 15 is 0 Å². The molecule has 2 heterocycles. The van der Waals surface area contributed by atoms with E-state index in [4.69, 9.17) is 5.73 Å². The number of imidazole rings is 1. The summed E-state index contributed by atoms with van der Waals surface area (Å²) in [6.07, 6.45) is 3.73. The summed E-state index contributed by atoms with van der Waals surface area (Å²) < 4.78 is 4.00. The maximum absolute atomic E-state index is 6.11. The van der Waals surface area contributed by atoms with Crippen LogP contribution in [0.2, 0.25) is 0 Å². The lowest BCUT2D eigenvalue weighted by atomic mass is 9.75. The van der Waals surface area contributed by atoms with Crippen LogP contribution in [0.25, 0.3) is 11.2 Å². The van der Waals surface area contributed by atoms with E-state index in [-0.39, 0.29) is 5.54 Å². The molecule has 0 aromatic carbocycles. The normalized spacial score (nSPS) is 18.2. The third kappa shape index (κ3) is 1.66. The molecule has 19 heavy (non-hydrogen) atoms. The number of nitrogens with two attached hydrogens (primary N) is 1. The van der Waals surface area contributed by atoms with Gasteiger partial charge in [0.05, 0.1) is 5.69 Å². The fourth-order valence-corrected chi connectivity index (χ4v) is 3.13. The zero-order valence-electron chi connectivity index (χ0n) is 12.1. The number of hydrogen-bond donors (Lipinski definition) is 1. The van der Waals surface area contributed by atoms with Crippen LogP contribution in [0.15, 0.2) is 0 Å². The van der Waals surface area contributed by atoms with E-state index in [2.05, 4.69) is 33.6 Å². The molecule has 2 N–H and O–H groups in total. The summed E-state index contributed by atoms with van der Waals surface area (Å²) in [6, 6.07) is 0. The predicted octanol–water partition coefficient (Wildman–Crippen LogP) is 1.14. The van der Waals surface area contributed by atoms with Crippen molar-refractivity contribution >= 4 is 17.1 Å². The fraction of sp³-hybridized carbons (Fsp3) is 0.692. The second-order valence-electron chi connectivity index (χ2n) is 5.91. The molecule has 6 nitrogen and oxygen atoms in total. The molecule has 0 radical (unpaired) electrons. The second-order valence-corrected chi connectivity index (χ2v) is 5.91. The average molecular weight is 262 g/mol. The Balaban J connectivity index is 2.07. The van der Waals surface area contributed by atoms with Crippen LogP contribution < -0.4 is 5.73 Å². The van der Waals surface area contributed by atoms with Gasteiger partial charge in [0.15, 0.2) is 5.65 Å². The van der Waals surface area contributed by atoms with Gasteiger partial charge in [-0.15, -0.1) is 0 Å². The number of aryl methyl sites for hydroxylation is 2. The Morgan fingerprint density at radius 1 is 1.37 bits per heavy atom. The topological polar surface area (TPSA) is 64.9 Å². The molecule has 104 valence electrons. The Kier molecular flexibility index (Phi) is 2.60. The van der Waals surface area contributed by atoms with Crippen LogP contribution in [0.4, 0.5) is 5.95 Å². The molecule has 0 atom stereocenters. The molecule has 1 saturated carbocycles. The lowest BCUT2D eigenvalue weighted by Gasteiger charge is -2.47. The summed E-state index contributed by atoms with van der Waals surface area (Å²) in [5.41, 5.74) is 9.23. The van der Waals surface area contributed by atoms with E-state index in [1.165, 1.54) is 19.3 Å². The van der Waals surface area contributed by atoms with Crippen LogP contribution in [-0.4, -0.2) is 43.9 Å². The van der Waals surface area contributed by atoms with Crippen molar-refractivity contribution in [3.05, 3.63) is 5.69 Å². The molecule has 6 heteroatoms. The largest absolute Gasteiger partial charge is 0.369 e. The zero-order valence-corrected chi connectivity index (χ0v) is 12.1. The minimum atomic E-state index is 0.222. The molecule has 3 rings (SSSR count). The number of rotatable bonds is 3. The number of likely N-dealkylation sites (N-methyl/N-ethyl adjacent to an activating group) is 1. The van der Waals surface area contributed by atoms with Crippen LogP contribution in [-0.2, 0) is 13.6 Å². The summed E-state index contributed by atoms with van der Waals surface area (Å²) in [5.74, 6) is 0.597. The van der Waals surface area contributed by atoms with E-state index < -0.39 is 0 Å². The molecule has 0 aliphatic heterocycles. The Morgan fingerprint density at radius 2 is 2.05 bits per heavy atom. The van der Waals surface area contributed by atoms with Crippen molar-refractivity contribution in [1.82, 2.24) is 24.2 Å². The van der Waals surface area contributed by atoms with Crippen molar-refractivity contribution in [2.24, 2.45) is 7.05 Å². The van der Waals surface area contributed by atoms with E-state index in [0.717, 1.165) is 23.4 Å². The van der Waals surface area contributed by atoms with Gasteiger partial charge < -0.3 is 10.6 Å². The number of anilines is 1. The molecule has 2 aromatic rings. The number of fused-ring (bicyclic) bond motifs is 1. The molecule has 1 fully saturated rings. The minimum Gasteiger partial charge on any atom is -0.369 e. The summed E-state index contributed by atoms with van der Waals surface area (Å²) in [6.45, 7) is 2.87. The Labute approximate surface area is 113 Å².